The van der Waals surface area contributed by atoms with Gasteiger partial charge in [0, 0.05) is 49.0 Å². The number of amides is 1. The third kappa shape index (κ3) is 6.69. The van der Waals surface area contributed by atoms with Crippen molar-refractivity contribution in [3.63, 3.8) is 0 Å². The molecule has 2 aliphatic heterocycles. The van der Waals surface area contributed by atoms with Crippen LogP contribution in [-0.4, -0.2) is 68.5 Å². The smallest absolute Gasteiger partial charge is 0.250 e. The van der Waals surface area contributed by atoms with Crippen molar-refractivity contribution in [1.29, 1.82) is 0 Å². The molecule has 2 saturated heterocycles. The van der Waals surface area contributed by atoms with Crippen LogP contribution in [0.3, 0.4) is 0 Å². The van der Waals surface area contributed by atoms with Gasteiger partial charge in [0.05, 0.1) is 37.7 Å². The van der Waals surface area contributed by atoms with Crippen molar-refractivity contribution >= 4 is 39.5 Å². The van der Waals surface area contributed by atoms with E-state index in [1.807, 2.05) is 44.3 Å². The Morgan fingerprint density at radius 1 is 1.03 bits per heavy atom. The molecule has 0 atom stereocenters. The number of allylic oxidation sites excluding steroid dienone is 3. The maximum Gasteiger partial charge on any atom is 0.250 e. The lowest BCUT2D eigenvalue weighted by Crippen LogP contribution is -2.36. The zero-order valence-electron chi connectivity index (χ0n) is 23.6. The van der Waals surface area contributed by atoms with Crippen molar-refractivity contribution in [1.82, 2.24) is 9.97 Å². The largest absolute Gasteiger partial charge is 0.378 e. The van der Waals surface area contributed by atoms with E-state index in [-0.39, 0.29) is 0 Å². The van der Waals surface area contributed by atoms with E-state index in [2.05, 4.69) is 51.8 Å². The van der Waals surface area contributed by atoms with Gasteiger partial charge in [-0.1, -0.05) is 32.4 Å². The molecule has 4 heterocycles. The highest BCUT2D eigenvalue weighted by atomic mass is 16.5. The Morgan fingerprint density at radius 2 is 1.67 bits per heavy atom. The summed E-state index contributed by atoms with van der Waals surface area (Å²) in [7, 11) is 0. The summed E-state index contributed by atoms with van der Waals surface area (Å²) in [6.45, 7) is 14.5. The second-order valence-electron chi connectivity index (χ2n) is 9.83. The highest BCUT2D eigenvalue weighted by Crippen LogP contribution is 2.32. The van der Waals surface area contributed by atoms with E-state index >= 15 is 0 Å². The second-order valence-corrected chi connectivity index (χ2v) is 9.83. The molecule has 2 aliphatic rings. The fourth-order valence-corrected chi connectivity index (χ4v) is 4.90. The van der Waals surface area contributed by atoms with Crippen LogP contribution in [0.1, 0.15) is 44.0 Å². The Balaban J connectivity index is 0.00000112. The second kappa shape index (κ2) is 13.4. The Hall–Kier alpha value is -3.62. The number of aromatic amines is 1. The number of hydrogen-bond acceptors (Lipinski definition) is 6. The molecular formula is C31H41N5O3. The normalized spacial score (nSPS) is 16.7. The molecule has 2 aromatic heterocycles. The number of benzene rings is 1. The van der Waals surface area contributed by atoms with Gasteiger partial charge in [0.1, 0.15) is 5.82 Å². The molecule has 0 aliphatic carbocycles. The number of anilines is 2. The first-order valence-corrected chi connectivity index (χ1v) is 13.9. The third-order valence-corrected chi connectivity index (χ3v) is 6.98. The van der Waals surface area contributed by atoms with Crippen LogP contribution in [0, 0.1) is 6.92 Å². The predicted molar refractivity (Wildman–Crippen MR) is 160 cm³/mol. The Labute approximate surface area is 231 Å². The molecule has 2 fully saturated rings. The SMILES string of the molecule is C/C=C(/C=C(/C(N)=O)c1[nH]c2cc(N3CCOCC3)ccc2c1C)c1ccc(N2CCOCC2)nc1.CCC. The third-order valence-electron chi connectivity index (χ3n) is 6.98. The molecule has 8 heteroatoms. The standard InChI is InChI=1S/C28H33N5O3.C3H8/c1-3-20(21-4-7-26(30-18-21)33-10-14-36-15-11-33)16-24(28(29)34)27-19(2)23-6-5-22(17-25(23)31-27)32-8-12-35-13-9-32;1-3-2/h3-7,16-18,31H,8-15H2,1-2H3,(H2,29,34);3H2,1-2H3/b20-3-,24-16+;. The van der Waals surface area contributed by atoms with E-state index in [9.17, 15) is 4.79 Å². The minimum absolute atomic E-state index is 0.446. The van der Waals surface area contributed by atoms with Crippen LogP contribution < -0.4 is 15.5 Å². The van der Waals surface area contributed by atoms with Gasteiger partial charge in [-0.05, 0) is 60.9 Å². The zero-order valence-corrected chi connectivity index (χ0v) is 23.6. The topological polar surface area (TPSA) is 96.7 Å². The minimum Gasteiger partial charge on any atom is -0.378 e. The number of carbonyl (C=O) groups is 1. The summed E-state index contributed by atoms with van der Waals surface area (Å²) in [5.74, 6) is 0.453. The highest BCUT2D eigenvalue weighted by molar-refractivity contribution is 6.21. The Bertz CT molecular complexity index is 1310. The van der Waals surface area contributed by atoms with E-state index in [4.69, 9.17) is 15.2 Å². The van der Waals surface area contributed by atoms with Crippen LogP contribution in [0.25, 0.3) is 22.0 Å². The molecule has 3 aromatic rings. The molecule has 5 rings (SSSR count). The van der Waals surface area contributed by atoms with Crippen molar-refractivity contribution in [3.05, 3.63) is 65.5 Å². The maximum atomic E-state index is 12.6. The molecule has 208 valence electrons. The number of aromatic nitrogens is 2. The average Bonchev–Trinajstić information content (AvgIpc) is 3.30. The van der Waals surface area contributed by atoms with Crippen molar-refractivity contribution in [2.75, 3.05) is 62.4 Å². The number of nitrogens with zero attached hydrogens (tertiary/aromatic N) is 3. The quantitative estimate of drug-likeness (QED) is 0.346. The van der Waals surface area contributed by atoms with E-state index in [1.165, 1.54) is 6.42 Å². The van der Waals surface area contributed by atoms with Gasteiger partial charge >= 0.3 is 0 Å². The fourth-order valence-electron chi connectivity index (χ4n) is 4.90. The number of fused-ring (bicyclic) bond motifs is 1. The first-order chi connectivity index (χ1) is 19.0. The number of pyridine rings is 1. The molecule has 3 N–H and O–H groups in total. The first-order valence-electron chi connectivity index (χ1n) is 13.9. The molecule has 0 unspecified atom stereocenters. The lowest BCUT2D eigenvalue weighted by molar-refractivity contribution is -0.112. The van der Waals surface area contributed by atoms with Gasteiger partial charge in [-0.3, -0.25) is 4.79 Å². The van der Waals surface area contributed by atoms with Crippen LogP contribution in [0.15, 0.2) is 48.7 Å². The number of primary amides is 1. The van der Waals surface area contributed by atoms with Crippen molar-refractivity contribution < 1.29 is 14.3 Å². The summed E-state index contributed by atoms with van der Waals surface area (Å²) in [5.41, 5.74) is 12.0. The van der Waals surface area contributed by atoms with Gasteiger partial charge in [-0.25, -0.2) is 4.98 Å². The molecule has 8 nitrogen and oxygen atoms in total. The Morgan fingerprint density at radius 3 is 2.23 bits per heavy atom. The summed E-state index contributed by atoms with van der Waals surface area (Å²) in [4.78, 5) is 25.3. The molecule has 0 saturated carbocycles. The number of carbonyl (C=O) groups excluding carboxylic acids is 1. The number of nitrogens with one attached hydrogen (secondary N) is 1. The zero-order chi connectivity index (χ0) is 27.8. The first kappa shape index (κ1) is 28.4. The number of hydrogen-bond donors (Lipinski definition) is 2. The number of nitrogens with two attached hydrogens (primary N) is 1. The van der Waals surface area contributed by atoms with E-state index < -0.39 is 5.91 Å². The van der Waals surface area contributed by atoms with Gasteiger partial charge in [-0.15, -0.1) is 0 Å². The summed E-state index contributed by atoms with van der Waals surface area (Å²) >= 11 is 0. The molecule has 39 heavy (non-hydrogen) atoms. The lowest BCUT2D eigenvalue weighted by atomic mass is 10.00. The van der Waals surface area contributed by atoms with E-state index in [0.29, 0.717) is 18.8 Å². The lowest BCUT2D eigenvalue weighted by Gasteiger charge is -2.28. The molecule has 1 amide bonds. The molecule has 0 spiro atoms. The average molecular weight is 532 g/mol. The monoisotopic (exact) mass is 531 g/mol. The summed E-state index contributed by atoms with van der Waals surface area (Å²) in [5, 5.41) is 1.08. The van der Waals surface area contributed by atoms with Crippen LogP contribution in [0.5, 0.6) is 0 Å². The number of morpholine rings is 2. The van der Waals surface area contributed by atoms with Gasteiger partial charge in [-0.2, -0.15) is 0 Å². The number of aryl methyl sites for hydroxylation is 1. The summed E-state index contributed by atoms with van der Waals surface area (Å²) in [6, 6.07) is 10.4. The Kier molecular flexibility index (Phi) is 9.79. The van der Waals surface area contributed by atoms with E-state index in [1.54, 1.807) is 0 Å². The predicted octanol–water partition coefficient (Wildman–Crippen LogP) is 4.93. The highest BCUT2D eigenvalue weighted by Gasteiger charge is 2.19. The maximum absolute atomic E-state index is 12.6. The summed E-state index contributed by atoms with van der Waals surface area (Å²) in [6.07, 6.45) is 6.93. The number of rotatable bonds is 6. The van der Waals surface area contributed by atoms with Crippen molar-refractivity contribution in [2.24, 2.45) is 5.73 Å². The van der Waals surface area contributed by atoms with Gasteiger partial charge in [0.25, 0.3) is 5.91 Å². The number of H-pyrrole nitrogens is 1. The van der Waals surface area contributed by atoms with Crippen molar-refractivity contribution in [3.8, 4) is 0 Å². The van der Waals surface area contributed by atoms with Gasteiger partial charge in [0.2, 0.25) is 0 Å². The summed E-state index contributed by atoms with van der Waals surface area (Å²) < 4.78 is 10.9. The molecule has 0 radical (unpaired) electrons. The van der Waals surface area contributed by atoms with Gasteiger partial charge in [0.15, 0.2) is 0 Å². The van der Waals surface area contributed by atoms with E-state index in [0.717, 1.165) is 84.2 Å². The van der Waals surface area contributed by atoms with Crippen LogP contribution in [-0.2, 0) is 14.3 Å². The minimum atomic E-state index is -0.477. The van der Waals surface area contributed by atoms with Crippen molar-refractivity contribution in [2.45, 2.75) is 34.1 Å². The number of ether oxygens (including phenoxy) is 2. The van der Waals surface area contributed by atoms with Crippen LogP contribution in [0.2, 0.25) is 0 Å². The van der Waals surface area contributed by atoms with Gasteiger partial charge < -0.3 is 30.0 Å². The molecule has 0 bridgehead atoms. The van der Waals surface area contributed by atoms with Crippen LogP contribution >= 0.6 is 0 Å². The molecule has 1 aromatic carbocycles. The molecular weight excluding hydrogens is 490 g/mol. The van der Waals surface area contributed by atoms with Crippen LogP contribution in [0.4, 0.5) is 11.5 Å². The fraction of sp³-hybridized carbons (Fsp3) is 0.419.